The summed E-state index contributed by atoms with van der Waals surface area (Å²) in [6, 6.07) is 6.61. The molecule has 4 nitrogen and oxygen atoms in total. The van der Waals surface area contributed by atoms with Crippen molar-refractivity contribution in [2.45, 2.75) is 6.18 Å². The predicted molar refractivity (Wildman–Crippen MR) is 65.6 cm³/mol. The lowest BCUT2D eigenvalue weighted by atomic mass is 10.1. The highest BCUT2D eigenvalue weighted by molar-refractivity contribution is 9.10. The third kappa shape index (κ3) is 4.10. The number of hydrogen-bond acceptors (Lipinski definition) is 3. The number of halogens is 4. The molecule has 1 aromatic carbocycles. The van der Waals surface area contributed by atoms with Crippen molar-refractivity contribution in [1.82, 2.24) is 0 Å². The van der Waals surface area contributed by atoms with Gasteiger partial charge in [0, 0.05) is 16.7 Å². The van der Waals surface area contributed by atoms with Gasteiger partial charge < -0.3 is 16.3 Å². The maximum Gasteiger partial charge on any atom is 0.400 e. The molecule has 4 N–H and O–H groups in total. The number of nitrogens with two attached hydrogens (primary N) is 1. The molecule has 8 heteroatoms. The molecule has 0 heterocycles. The Labute approximate surface area is 110 Å². The van der Waals surface area contributed by atoms with Gasteiger partial charge in [-0.3, -0.25) is 0 Å². The topological polar surface area (TPSA) is 70.6 Å². The van der Waals surface area contributed by atoms with Gasteiger partial charge in [-0.1, -0.05) is 21.1 Å². The van der Waals surface area contributed by atoms with Gasteiger partial charge in [-0.05, 0) is 24.3 Å². The maximum absolute atomic E-state index is 12.6. The Hall–Kier alpha value is -1.44. The monoisotopic (exact) mass is 325 g/mol. The van der Waals surface area contributed by atoms with E-state index in [0.717, 1.165) is 4.47 Å². The van der Waals surface area contributed by atoms with Crippen LogP contribution in [-0.2, 0) is 0 Å². The number of nitrogens with one attached hydrogen (secondary N) is 1. The second kappa shape index (κ2) is 5.94. The summed E-state index contributed by atoms with van der Waals surface area (Å²) in [7, 11) is 0. The molecule has 0 aliphatic rings. The fourth-order valence-electron chi connectivity index (χ4n) is 1.25. The molecule has 1 unspecified atom stereocenters. The van der Waals surface area contributed by atoms with Crippen LogP contribution >= 0.6 is 15.9 Å². The van der Waals surface area contributed by atoms with Crippen molar-refractivity contribution in [3.8, 4) is 0 Å². The van der Waals surface area contributed by atoms with Crippen LogP contribution in [0.3, 0.4) is 0 Å². The molecule has 100 valence electrons. The Morgan fingerprint density at radius 1 is 1.39 bits per heavy atom. The van der Waals surface area contributed by atoms with E-state index >= 15 is 0 Å². The van der Waals surface area contributed by atoms with Crippen LogP contribution in [0.15, 0.2) is 33.9 Å². The van der Waals surface area contributed by atoms with Gasteiger partial charge in [-0.25, -0.2) is 0 Å². The predicted octanol–water partition coefficient (Wildman–Crippen LogP) is 2.79. The Morgan fingerprint density at radius 2 is 1.94 bits per heavy atom. The van der Waals surface area contributed by atoms with Gasteiger partial charge in [-0.2, -0.15) is 13.2 Å². The first-order valence-electron chi connectivity index (χ1n) is 4.88. The highest BCUT2D eigenvalue weighted by Crippen LogP contribution is 2.27. The van der Waals surface area contributed by atoms with E-state index in [0.29, 0.717) is 5.69 Å². The Morgan fingerprint density at radius 3 is 2.39 bits per heavy atom. The van der Waals surface area contributed by atoms with Crippen LogP contribution in [-0.4, -0.2) is 23.8 Å². The zero-order valence-electron chi connectivity index (χ0n) is 9.08. The highest BCUT2D eigenvalue weighted by Gasteiger charge is 2.42. The molecule has 0 radical (unpaired) electrons. The summed E-state index contributed by atoms with van der Waals surface area (Å²) in [4.78, 5) is 0. The minimum Gasteiger partial charge on any atom is -0.409 e. The van der Waals surface area contributed by atoms with Crippen molar-refractivity contribution >= 4 is 27.5 Å². The number of rotatable bonds is 4. The number of hydrogen-bond donors (Lipinski definition) is 3. The van der Waals surface area contributed by atoms with Gasteiger partial charge in [-0.15, -0.1) is 0 Å². The minimum atomic E-state index is -4.57. The summed E-state index contributed by atoms with van der Waals surface area (Å²) in [6.45, 7) is -0.499. The van der Waals surface area contributed by atoms with Gasteiger partial charge >= 0.3 is 6.18 Å². The lowest BCUT2D eigenvalue weighted by Gasteiger charge is -2.19. The van der Waals surface area contributed by atoms with Crippen LogP contribution in [0, 0.1) is 5.92 Å². The lowest BCUT2D eigenvalue weighted by Crippen LogP contribution is -2.40. The second-order valence-corrected chi connectivity index (χ2v) is 4.42. The van der Waals surface area contributed by atoms with Crippen molar-refractivity contribution in [3.05, 3.63) is 28.7 Å². The van der Waals surface area contributed by atoms with E-state index in [4.69, 9.17) is 10.9 Å². The van der Waals surface area contributed by atoms with Gasteiger partial charge in [0.1, 0.15) is 5.92 Å². The van der Waals surface area contributed by atoms with Crippen LogP contribution in [0.25, 0.3) is 0 Å². The van der Waals surface area contributed by atoms with Crippen molar-refractivity contribution in [2.75, 3.05) is 11.9 Å². The molecule has 0 fully saturated rings. The zero-order valence-corrected chi connectivity index (χ0v) is 10.7. The molecule has 1 rings (SSSR count). The molecule has 0 saturated heterocycles. The van der Waals surface area contributed by atoms with Crippen LogP contribution < -0.4 is 11.1 Å². The first-order valence-corrected chi connectivity index (χ1v) is 5.67. The minimum absolute atomic E-state index is 0.499. The Kier molecular flexibility index (Phi) is 4.83. The quantitative estimate of drug-likeness (QED) is 0.345. The first-order chi connectivity index (χ1) is 8.34. The molecule has 1 aromatic rings. The van der Waals surface area contributed by atoms with E-state index in [1.54, 1.807) is 24.3 Å². The number of benzene rings is 1. The van der Waals surface area contributed by atoms with Crippen molar-refractivity contribution < 1.29 is 18.4 Å². The summed E-state index contributed by atoms with van der Waals surface area (Å²) in [5.74, 6) is -2.90. The van der Waals surface area contributed by atoms with Crippen molar-refractivity contribution in [3.63, 3.8) is 0 Å². The van der Waals surface area contributed by atoms with Crippen LogP contribution in [0.4, 0.5) is 18.9 Å². The zero-order chi connectivity index (χ0) is 13.8. The molecular weight excluding hydrogens is 315 g/mol. The summed E-state index contributed by atoms with van der Waals surface area (Å²) in [5.41, 5.74) is 5.54. The van der Waals surface area contributed by atoms with E-state index in [9.17, 15) is 13.2 Å². The number of oxime groups is 1. The lowest BCUT2D eigenvalue weighted by molar-refractivity contribution is -0.152. The first kappa shape index (κ1) is 14.6. The highest BCUT2D eigenvalue weighted by atomic mass is 79.9. The van der Waals surface area contributed by atoms with Crippen LogP contribution in [0.2, 0.25) is 0 Å². The van der Waals surface area contributed by atoms with Gasteiger partial charge in [0.15, 0.2) is 5.84 Å². The standard InChI is InChI=1S/C10H11BrF3N3O/c11-6-1-3-7(4-2-6)16-5-8(9(15)17-18)10(12,13)14/h1-4,8,16,18H,5H2,(H2,15,17). The molecule has 1 atom stereocenters. The molecule has 18 heavy (non-hydrogen) atoms. The average Bonchev–Trinajstić information content (AvgIpc) is 2.29. The number of alkyl halides is 3. The summed E-state index contributed by atoms with van der Waals surface area (Å²) in [5, 5.41) is 13.3. The molecule has 0 saturated carbocycles. The third-order valence-electron chi connectivity index (χ3n) is 2.22. The van der Waals surface area contributed by atoms with Gasteiger partial charge in [0.25, 0.3) is 0 Å². The van der Waals surface area contributed by atoms with E-state index in [1.807, 2.05) is 0 Å². The Balaban J connectivity index is 2.71. The van der Waals surface area contributed by atoms with E-state index in [1.165, 1.54) is 0 Å². The normalized spacial score (nSPS) is 14.3. The fraction of sp³-hybridized carbons (Fsp3) is 0.300. The largest absolute Gasteiger partial charge is 0.409 e. The summed E-state index contributed by atoms with van der Waals surface area (Å²) in [6.07, 6.45) is -4.57. The maximum atomic E-state index is 12.6. The smallest absolute Gasteiger partial charge is 0.400 e. The van der Waals surface area contributed by atoms with Crippen molar-refractivity contribution in [2.24, 2.45) is 16.8 Å². The Bertz CT molecular complexity index is 419. The number of anilines is 1. The molecule has 0 aromatic heterocycles. The molecule has 0 bridgehead atoms. The molecular formula is C10H11BrF3N3O. The van der Waals surface area contributed by atoms with E-state index in [-0.39, 0.29) is 0 Å². The fourth-order valence-corrected chi connectivity index (χ4v) is 1.51. The van der Waals surface area contributed by atoms with Gasteiger partial charge in [0.2, 0.25) is 0 Å². The summed E-state index contributed by atoms with van der Waals surface area (Å²) >= 11 is 3.21. The summed E-state index contributed by atoms with van der Waals surface area (Å²) < 4.78 is 38.6. The van der Waals surface area contributed by atoms with E-state index < -0.39 is 24.5 Å². The number of amidine groups is 1. The van der Waals surface area contributed by atoms with Crippen LogP contribution in [0.5, 0.6) is 0 Å². The second-order valence-electron chi connectivity index (χ2n) is 3.51. The average molecular weight is 326 g/mol. The van der Waals surface area contributed by atoms with Crippen LogP contribution in [0.1, 0.15) is 0 Å². The molecule has 0 aliphatic heterocycles. The molecule has 0 spiro atoms. The number of nitrogens with zero attached hydrogens (tertiary/aromatic N) is 1. The van der Waals surface area contributed by atoms with Gasteiger partial charge in [0.05, 0.1) is 0 Å². The SMILES string of the molecule is N/C(=N/O)C(CNc1ccc(Br)cc1)C(F)(F)F. The molecule has 0 amide bonds. The third-order valence-corrected chi connectivity index (χ3v) is 2.75. The van der Waals surface area contributed by atoms with E-state index in [2.05, 4.69) is 26.4 Å². The molecule has 0 aliphatic carbocycles. The van der Waals surface area contributed by atoms with Crippen molar-refractivity contribution in [1.29, 1.82) is 0 Å².